The minimum absolute atomic E-state index is 0.721. The molecule has 4 aromatic carbocycles. The lowest BCUT2D eigenvalue weighted by molar-refractivity contribution is 0.0172. The summed E-state index contributed by atoms with van der Waals surface area (Å²) in [5.41, 5.74) is 2.88. The zero-order valence-electron chi connectivity index (χ0n) is 17.6. The van der Waals surface area contributed by atoms with Gasteiger partial charge in [0.15, 0.2) is 0 Å². The molecule has 4 aromatic rings. The summed E-state index contributed by atoms with van der Waals surface area (Å²) < 4.78 is 0. The van der Waals surface area contributed by atoms with Crippen LogP contribution in [0.25, 0.3) is 0 Å². The third kappa shape index (κ3) is 6.36. The molecule has 164 valence electrons. The summed E-state index contributed by atoms with van der Waals surface area (Å²) in [7, 11) is 0. The zero-order valence-corrected chi connectivity index (χ0v) is 17.6. The van der Waals surface area contributed by atoms with Crippen molar-refractivity contribution < 1.29 is 20.4 Å². The highest BCUT2D eigenvalue weighted by molar-refractivity contribution is 5.25. The molecule has 0 aromatic heterocycles. The van der Waals surface area contributed by atoms with Gasteiger partial charge in [-0.2, -0.15) is 0 Å². The Morgan fingerprint density at radius 3 is 0.594 bits per heavy atom. The highest BCUT2D eigenvalue weighted by atomic mass is 16.3. The van der Waals surface area contributed by atoms with Crippen LogP contribution in [0.3, 0.4) is 0 Å². The first-order chi connectivity index (χ1) is 15.6. The fraction of sp³-hybridized carbons (Fsp3) is 0.143. The summed E-state index contributed by atoms with van der Waals surface area (Å²) in [4.78, 5) is 0. The second-order valence-electron chi connectivity index (χ2n) is 7.42. The van der Waals surface area contributed by atoms with E-state index in [1.807, 2.05) is 72.8 Å². The average Bonchev–Trinajstić information content (AvgIpc) is 2.89. The van der Waals surface area contributed by atoms with E-state index in [1.54, 1.807) is 48.5 Å². The van der Waals surface area contributed by atoms with Gasteiger partial charge >= 0.3 is 0 Å². The second-order valence-corrected chi connectivity index (χ2v) is 7.42. The Balaban J connectivity index is 0.000000181. The maximum Gasteiger partial charge on any atom is 0.109 e. The Hall–Kier alpha value is -3.28. The molecular formula is C28H28O4. The van der Waals surface area contributed by atoms with Crippen LogP contribution in [0, 0.1) is 0 Å². The van der Waals surface area contributed by atoms with Gasteiger partial charge in [-0.05, 0) is 22.3 Å². The first kappa shape index (κ1) is 23.4. The van der Waals surface area contributed by atoms with E-state index in [-0.39, 0.29) is 0 Å². The van der Waals surface area contributed by atoms with E-state index in [9.17, 15) is 20.4 Å². The van der Waals surface area contributed by atoms with Gasteiger partial charge in [-0.3, -0.25) is 0 Å². The molecule has 0 saturated heterocycles. The van der Waals surface area contributed by atoms with Crippen molar-refractivity contribution in [2.45, 2.75) is 24.4 Å². The van der Waals surface area contributed by atoms with Gasteiger partial charge in [-0.25, -0.2) is 0 Å². The Labute approximate surface area is 188 Å². The minimum atomic E-state index is -0.886. The van der Waals surface area contributed by atoms with Gasteiger partial charge in [0, 0.05) is 0 Å². The van der Waals surface area contributed by atoms with Gasteiger partial charge in [0.2, 0.25) is 0 Å². The Kier molecular flexibility index (Phi) is 8.72. The molecule has 0 bridgehead atoms. The van der Waals surface area contributed by atoms with Crippen molar-refractivity contribution in [1.82, 2.24) is 0 Å². The number of hydrogen-bond acceptors (Lipinski definition) is 4. The molecule has 4 nitrogen and oxygen atoms in total. The molecule has 0 fully saturated rings. The molecule has 0 heterocycles. The number of aliphatic hydroxyl groups is 4. The monoisotopic (exact) mass is 428 g/mol. The summed E-state index contributed by atoms with van der Waals surface area (Å²) in [5, 5.41) is 40.0. The quantitative estimate of drug-likeness (QED) is 0.352. The normalized spacial score (nSPS) is 14.4. The molecule has 4 unspecified atom stereocenters. The molecular weight excluding hydrogens is 400 g/mol. The van der Waals surface area contributed by atoms with Crippen LogP contribution in [0.5, 0.6) is 0 Å². The summed E-state index contributed by atoms with van der Waals surface area (Å²) >= 11 is 0. The van der Waals surface area contributed by atoms with E-state index in [0.717, 1.165) is 22.3 Å². The highest BCUT2D eigenvalue weighted by Crippen LogP contribution is 2.29. The van der Waals surface area contributed by atoms with E-state index in [0.29, 0.717) is 0 Å². The topological polar surface area (TPSA) is 80.9 Å². The van der Waals surface area contributed by atoms with Crippen LogP contribution >= 0.6 is 0 Å². The van der Waals surface area contributed by atoms with Crippen molar-refractivity contribution in [1.29, 1.82) is 0 Å². The maximum atomic E-state index is 9.99. The van der Waals surface area contributed by atoms with Crippen LogP contribution in [0.15, 0.2) is 121 Å². The SMILES string of the molecule is OC(c1ccccc1)C(O)c1ccccc1.OC(c1ccccc1)C(O)c1ccccc1. The minimum Gasteiger partial charge on any atom is -0.385 e. The van der Waals surface area contributed by atoms with Crippen molar-refractivity contribution in [3.05, 3.63) is 144 Å². The van der Waals surface area contributed by atoms with Crippen LogP contribution in [-0.4, -0.2) is 20.4 Å². The van der Waals surface area contributed by atoms with Crippen LogP contribution < -0.4 is 0 Å². The van der Waals surface area contributed by atoms with Crippen molar-refractivity contribution in [3.63, 3.8) is 0 Å². The molecule has 4 N–H and O–H groups in total. The maximum absolute atomic E-state index is 9.99. The van der Waals surface area contributed by atoms with Gasteiger partial charge in [0.1, 0.15) is 24.4 Å². The molecule has 0 aliphatic heterocycles. The van der Waals surface area contributed by atoms with Gasteiger partial charge in [-0.15, -0.1) is 0 Å². The Bertz CT molecular complexity index is 850. The van der Waals surface area contributed by atoms with Crippen molar-refractivity contribution in [2.75, 3.05) is 0 Å². The lowest BCUT2D eigenvalue weighted by Gasteiger charge is -2.18. The molecule has 4 atom stereocenters. The largest absolute Gasteiger partial charge is 0.385 e. The third-order valence-corrected chi connectivity index (χ3v) is 5.16. The molecule has 0 amide bonds. The molecule has 0 saturated carbocycles. The summed E-state index contributed by atoms with van der Waals surface area (Å²) in [6, 6.07) is 36.7. The number of rotatable bonds is 6. The Morgan fingerprint density at radius 2 is 0.438 bits per heavy atom. The zero-order chi connectivity index (χ0) is 22.8. The molecule has 0 radical (unpaired) electrons. The van der Waals surface area contributed by atoms with E-state index >= 15 is 0 Å². The van der Waals surface area contributed by atoms with E-state index < -0.39 is 24.4 Å². The van der Waals surface area contributed by atoms with Crippen molar-refractivity contribution in [3.8, 4) is 0 Å². The third-order valence-electron chi connectivity index (χ3n) is 5.16. The van der Waals surface area contributed by atoms with Crippen LogP contribution in [0.1, 0.15) is 46.7 Å². The smallest absolute Gasteiger partial charge is 0.109 e. The molecule has 0 aliphatic carbocycles. The van der Waals surface area contributed by atoms with Gasteiger partial charge in [-0.1, -0.05) is 121 Å². The van der Waals surface area contributed by atoms with Gasteiger partial charge < -0.3 is 20.4 Å². The van der Waals surface area contributed by atoms with E-state index in [2.05, 4.69) is 0 Å². The summed E-state index contributed by atoms with van der Waals surface area (Å²) in [6.45, 7) is 0. The van der Waals surface area contributed by atoms with Crippen LogP contribution in [0.4, 0.5) is 0 Å². The molecule has 4 heteroatoms. The predicted octanol–water partition coefficient (Wildman–Crippen LogP) is 4.91. The highest BCUT2D eigenvalue weighted by Gasteiger charge is 2.20. The average molecular weight is 429 g/mol. The van der Waals surface area contributed by atoms with E-state index in [4.69, 9.17) is 0 Å². The van der Waals surface area contributed by atoms with E-state index in [1.165, 1.54) is 0 Å². The summed E-state index contributed by atoms with van der Waals surface area (Å²) in [5.74, 6) is 0. The van der Waals surface area contributed by atoms with Crippen molar-refractivity contribution in [2.24, 2.45) is 0 Å². The lowest BCUT2D eigenvalue weighted by Crippen LogP contribution is -2.09. The second kappa shape index (κ2) is 11.9. The first-order valence-electron chi connectivity index (χ1n) is 10.5. The number of hydrogen-bond donors (Lipinski definition) is 4. The lowest BCUT2D eigenvalue weighted by atomic mass is 9.99. The fourth-order valence-electron chi connectivity index (χ4n) is 3.33. The standard InChI is InChI=1S/2C14H14O2/c2*15-13(11-7-3-1-4-8-11)14(16)12-9-5-2-6-10-12/h2*1-10,13-16H. The Morgan fingerprint density at radius 1 is 0.281 bits per heavy atom. The molecule has 4 rings (SSSR count). The number of benzene rings is 4. The van der Waals surface area contributed by atoms with Crippen LogP contribution in [0.2, 0.25) is 0 Å². The first-order valence-corrected chi connectivity index (χ1v) is 10.5. The van der Waals surface area contributed by atoms with Crippen molar-refractivity contribution >= 4 is 0 Å². The fourth-order valence-corrected chi connectivity index (χ4v) is 3.33. The predicted molar refractivity (Wildman–Crippen MR) is 126 cm³/mol. The summed E-state index contributed by atoms with van der Waals surface area (Å²) in [6.07, 6.45) is -3.54. The molecule has 0 aliphatic rings. The number of aliphatic hydroxyl groups excluding tert-OH is 4. The van der Waals surface area contributed by atoms with Crippen LogP contribution in [-0.2, 0) is 0 Å². The van der Waals surface area contributed by atoms with Gasteiger partial charge in [0.05, 0.1) is 0 Å². The molecule has 0 spiro atoms. The molecule has 32 heavy (non-hydrogen) atoms. The van der Waals surface area contributed by atoms with Gasteiger partial charge in [0.25, 0.3) is 0 Å².